The maximum atomic E-state index is 5.77. The molecule has 0 aliphatic rings. The highest BCUT2D eigenvalue weighted by molar-refractivity contribution is 7.98. The minimum absolute atomic E-state index is 0.399. The molecule has 0 unspecified atom stereocenters. The zero-order valence-corrected chi connectivity index (χ0v) is 9.99. The van der Waals surface area contributed by atoms with E-state index in [-0.39, 0.29) is 0 Å². The summed E-state index contributed by atoms with van der Waals surface area (Å²) in [7, 11) is 0. The summed E-state index contributed by atoms with van der Waals surface area (Å²) in [5.41, 5.74) is 1.80. The van der Waals surface area contributed by atoms with Gasteiger partial charge >= 0.3 is 0 Å². The summed E-state index contributed by atoms with van der Waals surface area (Å²) in [6.45, 7) is 2.65. The van der Waals surface area contributed by atoms with Crippen LogP contribution in [-0.2, 0) is 5.88 Å². The van der Waals surface area contributed by atoms with Crippen molar-refractivity contribution >= 4 is 23.4 Å². The van der Waals surface area contributed by atoms with Crippen molar-refractivity contribution in [3.63, 3.8) is 0 Å². The summed E-state index contributed by atoms with van der Waals surface area (Å²) in [6, 6.07) is 3.87. The van der Waals surface area contributed by atoms with Gasteiger partial charge in [0, 0.05) is 11.4 Å². The average molecular weight is 232 g/mol. The van der Waals surface area contributed by atoms with Crippen molar-refractivity contribution in [3.05, 3.63) is 23.5 Å². The topological polar surface area (TPSA) is 22.1 Å². The van der Waals surface area contributed by atoms with Gasteiger partial charge in [-0.05, 0) is 25.3 Å². The molecule has 0 saturated heterocycles. The van der Waals surface area contributed by atoms with Crippen molar-refractivity contribution < 1.29 is 4.74 Å². The number of ether oxygens (including phenoxy) is 1. The molecule has 0 atom stereocenters. The molecule has 0 fully saturated rings. The van der Waals surface area contributed by atoms with Crippen LogP contribution < -0.4 is 4.74 Å². The van der Waals surface area contributed by atoms with E-state index >= 15 is 0 Å². The summed E-state index contributed by atoms with van der Waals surface area (Å²) in [4.78, 5) is 4.31. The predicted molar refractivity (Wildman–Crippen MR) is 62.4 cm³/mol. The van der Waals surface area contributed by atoms with Gasteiger partial charge in [0.1, 0.15) is 5.75 Å². The molecule has 2 nitrogen and oxygen atoms in total. The van der Waals surface area contributed by atoms with E-state index in [0.717, 1.165) is 22.9 Å². The van der Waals surface area contributed by atoms with Gasteiger partial charge in [0.25, 0.3) is 0 Å². The van der Waals surface area contributed by atoms with Gasteiger partial charge in [-0.15, -0.1) is 11.6 Å². The number of pyridine rings is 1. The Morgan fingerprint density at radius 3 is 2.93 bits per heavy atom. The van der Waals surface area contributed by atoms with E-state index < -0.39 is 0 Å². The molecular formula is C10H14ClNOS. The molecule has 14 heavy (non-hydrogen) atoms. The van der Waals surface area contributed by atoms with Crippen LogP contribution in [0.3, 0.4) is 0 Å². The van der Waals surface area contributed by atoms with E-state index in [4.69, 9.17) is 16.3 Å². The molecule has 0 bridgehead atoms. The molecule has 0 aliphatic heterocycles. The standard InChI is InChI=1S/C10H14ClNOS/c1-8-3-4-10(9(7-11)12-8)13-5-6-14-2/h3-4H,5-7H2,1-2H3. The van der Waals surface area contributed by atoms with E-state index in [9.17, 15) is 0 Å². The summed E-state index contributed by atoms with van der Waals surface area (Å²) in [6.07, 6.45) is 2.05. The third-order valence-corrected chi connectivity index (χ3v) is 2.57. The molecule has 0 saturated carbocycles. The first-order valence-electron chi connectivity index (χ1n) is 4.42. The average Bonchev–Trinajstić information content (AvgIpc) is 2.20. The number of thioether (sulfide) groups is 1. The van der Waals surface area contributed by atoms with Crippen LogP contribution in [0.5, 0.6) is 5.75 Å². The molecule has 0 radical (unpaired) electrons. The molecule has 0 N–H and O–H groups in total. The molecule has 1 aromatic rings. The third kappa shape index (κ3) is 3.39. The van der Waals surface area contributed by atoms with Crippen molar-refractivity contribution in [1.29, 1.82) is 0 Å². The number of nitrogens with zero attached hydrogens (tertiary/aromatic N) is 1. The van der Waals surface area contributed by atoms with Crippen LogP contribution in [0.25, 0.3) is 0 Å². The van der Waals surface area contributed by atoms with Crippen molar-refractivity contribution in [1.82, 2.24) is 4.98 Å². The molecule has 1 rings (SSSR count). The molecule has 4 heteroatoms. The Bertz CT molecular complexity index is 293. The van der Waals surface area contributed by atoms with Gasteiger partial charge in [0.2, 0.25) is 0 Å². The van der Waals surface area contributed by atoms with Crippen molar-refractivity contribution in [2.45, 2.75) is 12.8 Å². The van der Waals surface area contributed by atoms with Crippen LogP contribution in [0.2, 0.25) is 0 Å². The molecule has 1 heterocycles. The van der Waals surface area contributed by atoms with Gasteiger partial charge in [-0.25, -0.2) is 0 Å². The molecule has 0 aliphatic carbocycles. The number of alkyl halides is 1. The van der Waals surface area contributed by atoms with Crippen LogP contribution in [0.1, 0.15) is 11.4 Å². The fourth-order valence-corrected chi connectivity index (χ4v) is 1.50. The van der Waals surface area contributed by atoms with Gasteiger partial charge in [-0.1, -0.05) is 0 Å². The Hall–Kier alpha value is -0.410. The Kier molecular flexibility index (Phi) is 5.12. The number of hydrogen-bond acceptors (Lipinski definition) is 3. The number of rotatable bonds is 5. The minimum atomic E-state index is 0.399. The van der Waals surface area contributed by atoms with E-state index in [1.54, 1.807) is 11.8 Å². The first-order chi connectivity index (χ1) is 6.77. The number of hydrogen-bond donors (Lipinski definition) is 0. The second-order valence-corrected chi connectivity index (χ2v) is 4.13. The van der Waals surface area contributed by atoms with E-state index in [1.165, 1.54) is 0 Å². The lowest BCUT2D eigenvalue weighted by Gasteiger charge is -2.08. The summed E-state index contributed by atoms with van der Waals surface area (Å²) in [5.74, 6) is 2.19. The van der Waals surface area contributed by atoms with Gasteiger partial charge in [0.05, 0.1) is 18.2 Å². The van der Waals surface area contributed by atoms with Crippen LogP contribution >= 0.6 is 23.4 Å². The Morgan fingerprint density at radius 1 is 1.50 bits per heavy atom. The quantitative estimate of drug-likeness (QED) is 0.575. The summed E-state index contributed by atoms with van der Waals surface area (Å²) >= 11 is 7.53. The number of aryl methyl sites for hydroxylation is 1. The van der Waals surface area contributed by atoms with Crippen LogP contribution in [0.15, 0.2) is 12.1 Å². The highest BCUT2D eigenvalue weighted by Crippen LogP contribution is 2.18. The van der Waals surface area contributed by atoms with E-state index in [1.807, 2.05) is 19.1 Å². The fourth-order valence-electron chi connectivity index (χ4n) is 1.06. The lowest BCUT2D eigenvalue weighted by Crippen LogP contribution is -2.03. The Labute approximate surface area is 94.0 Å². The molecule has 1 aromatic heterocycles. The number of halogens is 1. The Morgan fingerprint density at radius 2 is 2.29 bits per heavy atom. The van der Waals surface area contributed by atoms with Gasteiger partial charge < -0.3 is 4.74 Å². The zero-order chi connectivity index (χ0) is 10.4. The van der Waals surface area contributed by atoms with Crippen LogP contribution in [0, 0.1) is 6.92 Å². The lowest BCUT2D eigenvalue weighted by molar-refractivity contribution is 0.339. The molecule has 0 amide bonds. The highest BCUT2D eigenvalue weighted by Gasteiger charge is 2.03. The largest absolute Gasteiger partial charge is 0.491 e. The van der Waals surface area contributed by atoms with Gasteiger partial charge in [-0.3, -0.25) is 4.98 Å². The molecular weight excluding hydrogens is 218 g/mol. The summed E-state index contributed by atoms with van der Waals surface area (Å²) in [5, 5.41) is 0. The van der Waals surface area contributed by atoms with Crippen LogP contribution in [0.4, 0.5) is 0 Å². The molecule has 0 spiro atoms. The molecule has 78 valence electrons. The van der Waals surface area contributed by atoms with E-state index in [0.29, 0.717) is 12.5 Å². The fraction of sp³-hybridized carbons (Fsp3) is 0.500. The SMILES string of the molecule is CSCCOc1ccc(C)nc1CCl. The van der Waals surface area contributed by atoms with Crippen molar-refractivity contribution in [2.75, 3.05) is 18.6 Å². The minimum Gasteiger partial charge on any atom is -0.491 e. The van der Waals surface area contributed by atoms with E-state index in [2.05, 4.69) is 11.2 Å². The highest BCUT2D eigenvalue weighted by atomic mass is 35.5. The lowest BCUT2D eigenvalue weighted by atomic mass is 10.3. The number of aromatic nitrogens is 1. The maximum absolute atomic E-state index is 5.77. The predicted octanol–water partition coefficient (Wildman–Crippen LogP) is 2.87. The normalized spacial score (nSPS) is 10.2. The molecule has 0 aromatic carbocycles. The smallest absolute Gasteiger partial charge is 0.142 e. The van der Waals surface area contributed by atoms with Gasteiger partial charge in [-0.2, -0.15) is 11.8 Å². The van der Waals surface area contributed by atoms with Crippen molar-refractivity contribution in [2.24, 2.45) is 0 Å². The second kappa shape index (κ2) is 6.14. The first-order valence-corrected chi connectivity index (χ1v) is 6.35. The monoisotopic (exact) mass is 231 g/mol. The van der Waals surface area contributed by atoms with Crippen LogP contribution in [-0.4, -0.2) is 23.6 Å². The zero-order valence-electron chi connectivity index (χ0n) is 8.42. The third-order valence-electron chi connectivity index (χ3n) is 1.74. The maximum Gasteiger partial charge on any atom is 0.142 e. The van der Waals surface area contributed by atoms with Gasteiger partial charge in [0.15, 0.2) is 0 Å². The Balaban J connectivity index is 2.65. The van der Waals surface area contributed by atoms with Crippen molar-refractivity contribution in [3.8, 4) is 5.75 Å². The summed E-state index contributed by atoms with van der Waals surface area (Å²) < 4.78 is 5.56. The first kappa shape index (κ1) is 11.7. The second-order valence-electron chi connectivity index (χ2n) is 2.87.